The Hall–Kier alpha value is -2.68. The van der Waals surface area contributed by atoms with Crippen LogP contribution >= 0.6 is 0 Å². The van der Waals surface area contributed by atoms with Crippen LogP contribution in [0.2, 0.25) is 0 Å². The number of pyridine rings is 1. The van der Waals surface area contributed by atoms with Gasteiger partial charge in [0.25, 0.3) is 0 Å². The number of aliphatic carboxylic acids is 1. The SMILES string of the molecule is C=C(/C(=C/c1ccnc(C)c1)CCCCCCC(=O)O)c1ccccc1. The Morgan fingerprint density at radius 3 is 2.42 bits per heavy atom. The van der Waals surface area contributed by atoms with Crippen LogP contribution in [0.1, 0.15) is 55.3 Å². The zero-order valence-corrected chi connectivity index (χ0v) is 15.4. The van der Waals surface area contributed by atoms with Crippen molar-refractivity contribution in [2.24, 2.45) is 0 Å². The summed E-state index contributed by atoms with van der Waals surface area (Å²) in [6, 6.07) is 14.3. The fourth-order valence-electron chi connectivity index (χ4n) is 2.94. The van der Waals surface area contributed by atoms with Crippen LogP contribution < -0.4 is 0 Å². The number of nitrogens with zero attached hydrogens (tertiary/aromatic N) is 1. The highest BCUT2D eigenvalue weighted by molar-refractivity contribution is 5.83. The highest BCUT2D eigenvalue weighted by Gasteiger charge is 2.07. The van der Waals surface area contributed by atoms with Crippen molar-refractivity contribution in [1.82, 2.24) is 4.98 Å². The van der Waals surface area contributed by atoms with Gasteiger partial charge in [0.1, 0.15) is 0 Å². The van der Waals surface area contributed by atoms with Gasteiger partial charge in [-0.15, -0.1) is 0 Å². The van der Waals surface area contributed by atoms with Crippen LogP contribution in [-0.4, -0.2) is 16.1 Å². The van der Waals surface area contributed by atoms with Gasteiger partial charge in [0.2, 0.25) is 0 Å². The van der Waals surface area contributed by atoms with Crippen molar-refractivity contribution >= 4 is 17.6 Å². The first-order valence-corrected chi connectivity index (χ1v) is 9.16. The molecule has 0 spiro atoms. The molecule has 0 aliphatic carbocycles. The molecule has 136 valence electrons. The van der Waals surface area contributed by atoms with Gasteiger partial charge in [-0.25, -0.2) is 0 Å². The fourth-order valence-corrected chi connectivity index (χ4v) is 2.94. The molecular weight excluding hydrogens is 322 g/mol. The molecule has 0 radical (unpaired) electrons. The third kappa shape index (κ3) is 6.67. The number of aromatic nitrogens is 1. The third-order valence-corrected chi connectivity index (χ3v) is 4.36. The van der Waals surface area contributed by atoms with Crippen molar-refractivity contribution < 1.29 is 9.90 Å². The van der Waals surface area contributed by atoms with Gasteiger partial charge >= 0.3 is 5.97 Å². The van der Waals surface area contributed by atoms with E-state index in [2.05, 4.69) is 35.8 Å². The zero-order valence-electron chi connectivity index (χ0n) is 15.4. The molecule has 0 saturated carbocycles. The number of carboxylic acid groups (broad SMARTS) is 1. The van der Waals surface area contributed by atoms with E-state index >= 15 is 0 Å². The molecule has 3 nitrogen and oxygen atoms in total. The lowest BCUT2D eigenvalue weighted by molar-refractivity contribution is -0.137. The number of carbonyl (C=O) groups is 1. The molecule has 0 aliphatic rings. The van der Waals surface area contributed by atoms with Crippen LogP contribution in [0.4, 0.5) is 0 Å². The molecule has 26 heavy (non-hydrogen) atoms. The summed E-state index contributed by atoms with van der Waals surface area (Å²) >= 11 is 0. The average molecular weight is 349 g/mol. The Kier molecular flexibility index (Phi) is 7.81. The summed E-state index contributed by atoms with van der Waals surface area (Å²) in [6.45, 7) is 6.31. The summed E-state index contributed by atoms with van der Waals surface area (Å²) in [6.07, 6.45) is 8.97. The van der Waals surface area contributed by atoms with Gasteiger partial charge in [-0.05, 0) is 60.6 Å². The molecule has 0 atom stereocenters. The van der Waals surface area contributed by atoms with Gasteiger partial charge in [0.15, 0.2) is 0 Å². The van der Waals surface area contributed by atoms with Crippen molar-refractivity contribution in [3.05, 3.63) is 77.6 Å². The molecule has 0 fully saturated rings. The van der Waals surface area contributed by atoms with Gasteiger partial charge in [0, 0.05) is 18.3 Å². The molecule has 0 aliphatic heterocycles. The van der Waals surface area contributed by atoms with Gasteiger partial charge < -0.3 is 5.11 Å². The molecule has 1 aromatic heterocycles. The van der Waals surface area contributed by atoms with Gasteiger partial charge in [-0.2, -0.15) is 0 Å². The second-order valence-corrected chi connectivity index (χ2v) is 6.55. The van der Waals surface area contributed by atoms with Crippen molar-refractivity contribution in [1.29, 1.82) is 0 Å². The van der Waals surface area contributed by atoms with Crippen molar-refractivity contribution in [3.8, 4) is 0 Å². The number of benzene rings is 1. The number of unbranched alkanes of at least 4 members (excludes halogenated alkanes) is 3. The van der Waals surface area contributed by atoms with Crippen LogP contribution in [0.25, 0.3) is 11.6 Å². The first kappa shape index (κ1) is 19.6. The smallest absolute Gasteiger partial charge is 0.303 e. The molecule has 3 heteroatoms. The number of hydrogen-bond donors (Lipinski definition) is 1. The highest BCUT2D eigenvalue weighted by Crippen LogP contribution is 2.28. The Morgan fingerprint density at radius 2 is 1.77 bits per heavy atom. The molecule has 1 aromatic carbocycles. The zero-order chi connectivity index (χ0) is 18.8. The normalized spacial score (nSPS) is 11.3. The molecule has 2 rings (SSSR count). The van der Waals surface area contributed by atoms with E-state index in [0.29, 0.717) is 0 Å². The lowest BCUT2D eigenvalue weighted by atomic mass is 9.93. The maximum Gasteiger partial charge on any atom is 0.303 e. The monoisotopic (exact) mass is 349 g/mol. The molecule has 1 heterocycles. The minimum atomic E-state index is -0.712. The number of aryl methyl sites for hydroxylation is 1. The summed E-state index contributed by atoms with van der Waals surface area (Å²) in [5.74, 6) is -0.712. The largest absolute Gasteiger partial charge is 0.481 e. The van der Waals surface area contributed by atoms with E-state index in [-0.39, 0.29) is 6.42 Å². The lowest BCUT2D eigenvalue weighted by Crippen LogP contribution is -1.94. The highest BCUT2D eigenvalue weighted by atomic mass is 16.4. The predicted molar refractivity (Wildman–Crippen MR) is 108 cm³/mol. The third-order valence-electron chi connectivity index (χ3n) is 4.36. The van der Waals surface area contributed by atoms with E-state index in [4.69, 9.17) is 5.11 Å². The quantitative estimate of drug-likeness (QED) is 0.428. The van der Waals surface area contributed by atoms with E-state index in [0.717, 1.165) is 54.5 Å². The van der Waals surface area contributed by atoms with Crippen molar-refractivity contribution in [2.75, 3.05) is 0 Å². The fraction of sp³-hybridized carbons (Fsp3) is 0.304. The predicted octanol–water partition coefficient (Wildman–Crippen LogP) is 5.91. The Balaban J connectivity index is 2.06. The molecular formula is C23H27NO2. The van der Waals surface area contributed by atoms with Crippen LogP contribution in [0.3, 0.4) is 0 Å². The number of carboxylic acids is 1. The summed E-state index contributed by atoms with van der Waals surface area (Å²) in [4.78, 5) is 14.9. The molecule has 0 unspecified atom stereocenters. The van der Waals surface area contributed by atoms with Crippen molar-refractivity contribution in [2.45, 2.75) is 45.4 Å². The summed E-state index contributed by atoms with van der Waals surface area (Å²) < 4.78 is 0. The maximum atomic E-state index is 10.6. The molecule has 0 saturated heterocycles. The second-order valence-electron chi connectivity index (χ2n) is 6.55. The van der Waals surface area contributed by atoms with Gasteiger partial charge in [0.05, 0.1) is 0 Å². The van der Waals surface area contributed by atoms with Crippen molar-refractivity contribution in [3.63, 3.8) is 0 Å². The standard InChI is InChI=1S/C23H27NO2/c1-18-16-20(14-15-24-18)17-22(12-6-3-4-9-13-23(25)26)19(2)21-10-7-5-8-11-21/h5,7-8,10-11,14-17H,2-4,6,9,12-13H2,1H3,(H,25,26)/b22-17+. The van der Waals surface area contributed by atoms with Crippen LogP contribution in [0, 0.1) is 6.92 Å². The molecule has 1 N–H and O–H groups in total. The van der Waals surface area contributed by atoms with Gasteiger partial charge in [-0.1, -0.05) is 55.8 Å². The summed E-state index contributed by atoms with van der Waals surface area (Å²) in [5.41, 5.74) is 5.54. The molecule has 0 amide bonds. The van der Waals surface area contributed by atoms with Crippen LogP contribution in [0.5, 0.6) is 0 Å². The first-order valence-electron chi connectivity index (χ1n) is 9.16. The van der Waals surface area contributed by atoms with E-state index < -0.39 is 5.97 Å². The first-order chi connectivity index (χ1) is 12.6. The minimum absolute atomic E-state index is 0.260. The summed E-state index contributed by atoms with van der Waals surface area (Å²) in [5, 5.41) is 8.72. The van der Waals surface area contributed by atoms with Crippen LogP contribution in [-0.2, 0) is 4.79 Å². The topological polar surface area (TPSA) is 50.2 Å². The van der Waals surface area contributed by atoms with Crippen LogP contribution in [0.15, 0.2) is 60.8 Å². The van der Waals surface area contributed by atoms with E-state index in [1.165, 1.54) is 5.57 Å². The van der Waals surface area contributed by atoms with E-state index in [9.17, 15) is 4.79 Å². The van der Waals surface area contributed by atoms with Gasteiger partial charge in [-0.3, -0.25) is 9.78 Å². The minimum Gasteiger partial charge on any atom is -0.481 e. The van der Waals surface area contributed by atoms with E-state index in [1.54, 1.807) is 0 Å². The van der Waals surface area contributed by atoms with E-state index in [1.807, 2.05) is 37.4 Å². The Morgan fingerprint density at radius 1 is 1.08 bits per heavy atom. The number of allylic oxidation sites excluding steroid dienone is 2. The Labute approximate surface area is 156 Å². The number of hydrogen-bond acceptors (Lipinski definition) is 2. The molecule has 2 aromatic rings. The second kappa shape index (κ2) is 10.3. The maximum absolute atomic E-state index is 10.6. The average Bonchev–Trinajstić information content (AvgIpc) is 2.63. The number of rotatable bonds is 10. The summed E-state index contributed by atoms with van der Waals surface area (Å²) in [7, 11) is 0. The molecule has 0 bridgehead atoms. The Bertz CT molecular complexity index is 763. The lowest BCUT2D eigenvalue weighted by Gasteiger charge is -2.12.